The zero-order valence-electron chi connectivity index (χ0n) is 12.1. The average Bonchev–Trinajstić information content (AvgIpc) is 2.44. The van der Waals surface area contributed by atoms with Gasteiger partial charge in [0.2, 0.25) is 0 Å². The standard InChI is InChI=1S/C16H24N2O2/c1-18-7-8-20-14(11-18)10-17-16-4-2-3-12-9-13(19)5-6-15(12)16/h5-6,9,14,16-17,19H,2-4,7-8,10-11H2,1H3. The summed E-state index contributed by atoms with van der Waals surface area (Å²) in [5, 5.41) is 13.2. The lowest BCUT2D eigenvalue weighted by atomic mass is 9.87. The van der Waals surface area contributed by atoms with Crippen LogP contribution in [0.4, 0.5) is 0 Å². The number of ether oxygens (including phenoxy) is 1. The first-order chi connectivity index (χ1) is 9.72. The van der Waals surface area contributed by atoms with E-state index in [1.807, 2.05) is 6.07 Å². The van der Waals surface area contributed by atoms with Gasteiger partial charge in [-0.1, -0.05) is 6.07 Å². The van der Waals surface area contributed by atoms with Gasteiger partial charge in [-0.15, -0.1) is 0 Å². The number of rotatable bonds is 3. The lowest BCUT2D eigenvalue weighted by molar-refractivity contribution is -0.0195. The van der Waals surface area contributed by atoms with Crippen LogP contribution in [0.3, 0.4) is 0 Å². The fourth-order valence-corrected chi connectivity index (χ4v) is 3.28. The number of morpholine rings is 1. The number of benzene rings is 1. The van der Waals surface area contributed by atoms with Crippen LogP contribution in [-0.4, -0.2) is 49.4 Å². The van der Waals surface area contributed by atoms with Gasteiger partial charge in [0.25, 0.3) is 0 Å². The number of aromatic hydroxyl groups is 1. The third kappa shape index (κ3) is 3.14. The minimum Gasteiger partial charge on any atom is -0.508 e. The second kappa shape index (κ2) is 6.12. The van der Waals surface area contributed by atoms with E-state index in [4.69, 9.17) is 4.74 Å². The maximum absolute atomic E-state index is 9.59. The molecule has 4 nitrogen and oxygen atoms in total. The first-order valence-corrected chi connectivity index (χ1v) is 7.57. The molecule has 0 amide bonds. The van der Waals surface area contributed by atoms with Crippen LogP contribution >= 0.6 is 0 Å². The number of fused-ring (bicyclic) bond motifs is 1. The quantitative estimate of drug-likeness (QED) is 0.882. The molecule has 20 heavy (non-hydrogen) atoms. The van der Waals surface area contributed by atoms with Crippen molar-refractivity contribution in [3.8, 4) is 5.75 Å². The molecule has 1 saturated heterocycles. The van der Waals surface area contributed by atoms with Crippen molar-refractivity contribution in [2.75, 3.05) is 33.3 Å². The predicted octanol–water partition coefficient (Wildman–Crippen LogP) is 1.69. The summed E-state index contributed by atoms with van der Waals surface area (Å²) < 4.78 is 5.80. The van der Waals surface area contributed by atoms with E-state index in [-0.39, 0.29) is 6.10 Å². The van der Waals surface area contributed by atoms with E-state index in [1.54, 1.807) is 6.07 Å². The van der Waals surface area contributed by atoms with Gasteiger partial charge in [-0.05, 0) is 49.6 Å². The van der Waals surface area contributed by atoms with Crippen LogP contribution < -0.4 is 5.32 Å². The van der Waals surface area contributed by atoms with E-state index >= 15 is 0 Å². The van der Waals surface area contributed by atoms with Crippen LogP contribution in [0.25, 0.3) is 0 Å². The number of hydrogen-bond acceptors (Lipinski definition) is 4. The van der Waals surface area contributed by atoms with Crippen molar-refractivity contribution in [2.24, 2.45) is 0 Å². The van der Waals surface area contributed by atoms with Crippen molar-refractivity contribution in [3.05, 3.63) is 29.3 Å². The van der Waals surface area contributed by atoms with Crippen LogP contribution in [0.2, 0.25) is 0 Å². The summed E-state index contributed by atoms with van der Waals surface area (Å²) in [6.45, 7) is 3.76. The van der Waals surface area contributed by atoms with Crippen molar-refractivity contribution in [2.45, 2.75) is 31.4 Å². The van der Waals surface area contributed by atoms with Crippen molar-refractivity contribution in [1.82, 2.24) is 10.2 Å². The summed E-state index contributed by atoms with van der Waals surface area (Å²) in [4.78, 5) is 2.32. The molecular formula is C16H24N2O2. The second-order valence-electron chi connectivity index (χ2n) is 5.99. The van der Waals surface area contributed by atoms with Gasteiger partial charge in [-0.3, -0.25) is 0 Å². The maximum Gasteiger partial charge on any atom is 0.115 e. The van der Waals surface area contributed by atoms with Crippen LogP contribution in [0.5, 0.6) is 5.75 Å². The molecule has 1 heterocycles. The van der Waals surface area contributed by atoms with Gasteiger partial charge in [0.1, 0.15) is 5.75 Å². The van der Waals surface area contributed by atoms with Gasteiger partial charge < -0.3 is 20.1 Å². The van der Waals surface area contributed by atoms with Crippen molar-refractivity contribution in [3.63, 3.8) is 0 Å². The highest BCUT2D eigenvalue weighted by atomic mass is 16.5. The maximum atomic E-state index is 9.59. The zero-order chi connectivity index (χ0) is 13.9. The summed E-state index contributed by atoms with van der Waals surface area (Å²) in [5.41, 5.74) is 2.63. The Bertz CT molecular complexity index is 464. The lowest BCUT2D eigenvalue weighted by Gasteiger charge is -2.33. The zero-order valence-corrected chi connectivity index (χ0v) is 12.1. The van der Waals surface area contributed by atoms with Crippen LogP contribution in [0, 0.1) is 0 Å². The Morgan fingerprint density at radius 2 is 2.35 bits per heavy atom. The Kier molecular flexibility index (Phi) is 4.24. The summed E-state index contributed by atoms with van der Waals surface area (Å²) in [7, 11) is 2.15. The molecule has 2 unspecified atom stereocenters. The summed E-state index contributed by atoms with van der Waals surface area (Å²) in [6, 6.07) is 6.17. The smallest absolute Gasteiger partial charge is 0.115 e. The molecule has 0 aromatic heterocycles. The molecule has 110 valence electrons. The Labute approximate surface area is 120 Å². The third-order valence-electron chi connectivity index (χ3n) is 4.37. The summed E-state index contributed by atoms with van der Waals surface area (Å²) in [6.07, 6.45) is 3.71. The fourth-order valence-electron chi connectivity index (χ4n) is 3.28. The lowest BCUT2D eigenvalue weighted by Crippen LogP contribution is -2.45. The molecule has 1 aliphatic heterocycles. The Balaban J connectivity index is 1.61. The van der Waals surface area contributed by atoms with Crippen LogP contribution in [-0.2, 0) is 11.2 Å². The first-order valence-electron chi connectivity index (χ1n) is 7.57. The number of phenolic OH excluding ortho intramolecular Hbond substituents is 1. The van der Waals surface area contributed by atoms with Crippen LogP contribution in [0.1, 0.15) is 30.0 Å². The number of nitrogens with zero attached hydrogens (tertiary/aromatic N) is 1. The van der Waals surface area contributed by atoms with Gasteiger partial charge in [0.05, 0.1) is 12.7 Å². The molecule has 1 aliphatic carbocycles. The highest BCUT2D eigenvalue weighted by Crippen LogP contribution is 2.31. The second-order valence-corrected chi connectivity index (χ2v) is 5.99. The largest absolute Gasteiger partial charge is 0.508 e. The van der Waals surface area contributed by atoms with E-state index in [9.17, 15) is 5.11 Å². The highest BCUT2D eigenvalue weighted by Gasteiger charge is 2.23. The van der Waals surface area contributed by atoms with E-state index in [0.29, 0.717) is 11.8 Å². The Hall–Kier alpha value is -1.10. The predicted molar refractivity (Wildman–Crippen MR) is 79.0 cm³/mol. The topological polar surface area (TPSA) is 44.7 Å². The van der Waals surface area contributed by atoms with Crippen molar-refractivity contribution in [1.29, 1.82) is 0 Å². The van der Waals surface area contributed by atoms with Crippen molar-refractivity contribution < 1.29 is 9.84 Å². The molecule has 2 N–H and O–H groups in total. The van der Waals surface area contributed by atoms with E-state index in [1.165, 1.54) is 24.0 Å². The molecule has 4 heteroatoms. The highest BCUT2D eigenvalue weighted by molar-refractivity contribution is 5.38. The Morgan fingerprint density at radius 3 is 3.20 bits per heavy atom. The van der Waals surface area contributed by atoms with E-state index in [0.717, 1.165) is 32.7 Å². The molecule has 2 aliphatic rings. The molecular weight excluding hydrogens is 252 g/mol. The SMILES string of the molecule is CN1CCOC(CNC2CCCc3cc(O)ccc32)C1. The summed E-state index contributed by atoms with van der Waals surface area (Å²) in [5.74, 6) is 0.377. The number of aryl methyl sites for hydroxylation is 1. The molecule has 1 fully saturated rings. The van der Waals surface area contributed by atoms with Crippen LogP contribution in [0.15, 0.2) is 18.2 Å². The molecule has 1 aromatic carbocycles. The molecule has 0 bridgehead atoms. The number of hydrogen-bond donors (Lipinski definition) is 2. The van der Waals surface area contributed by atoms with Gasteiger partial charge in [-0.25, -0.2) is 0 Å². The van der Waals surface area contributed by atoms with Gasteiger partial charge in [0, 0.05) is 25.7 Å². The molecule has 0 spiro atoms. The van der Waals surface area contributed by atoms with E-state index in [2.05, 4.69) is 23.3 Å². The minimum absolute atomic E-state index is 0.288. The number of likely N-dealkylation sites (N-methyl/N-ethyl adjacent to an activating group) is 1. The van der Waals surface area contributed by atoms with Crippen molar-refractivity contribution >= 4 is 0 Å². The number of nitrogens with one attached hydrogen (secondary N) is 1. The Morgan fingerprint density at radius 1 is 1.45 bits per heavy atom. The molecule has 1 aromatic rings. The minimum atomic E-state index is 0.288. The average molecular weight is 276 g/mol. The molecule has 0 radical (unpaired) electrons. The first kappa shape index (κ1) is 13.9. The molecule has 3 rings (SSSR count). The fraction of sp³-hybridized carbons (Fsp3) is 0.625. The third-order valence-corrected chi connectivity index (χ3v) is 4.37. The molecule has 0 saturated carbocycles. The number of phenols is 1. The van der Waals surface area contributed by atoms with Gasteiger partial charge in [0.15, 0.2) is 0 Å². The summed E-state index contributed by atoms with van der Waals surface area (Å²) >= 11 is 0. The van der Waals surface area contributed by atoms with Gasteiger partial charge in [-0.2, -0.15) is 0 Å². The molecule has 2 atom stereocenters. The monoisotopic (exact) mass is 276 g/mol. The van der Waals surface area contributed by atoms with E-state index < -0.39 is 0 Å². The normalized spacial score (nSPS) is 27.2. The van der Waals surface area contributed by atoms with Gasteiger partial charge >= 0.3 is 0 Å².